The molecule has 0 radical (unpaired) electrons. The van der Waals surface area contributed by atoms with Crippen LogP contribution in [-0.2, 0) is 0 Å². The molecule has 2 atom stereocenters. The normalized spacial score (nSPS) is 15.4. The van der Waals surface area contributed by atoms with Crippen molar-refractivity contribution in [2.75, 3.05) is 4.90 Å². The van der Waals surface area contributed by atoms with Crippen LogP contribution in [0.5, 0.6) is 5.75 Å². The van der Waals surface area contributed by atoms with Crippen molar-refractivity contribution >= 4 is 44.2 Å². The third-order valence-corrected chi connectivity index (χ3v) is 11.6. The summed E-state index contributed by atoms with van der Waals surface area (Å²) < 4.78 is 6.63. The van der Waals surface area contributed by atoms with Crippen LogP contribution in [0.25, 0.3) is 49.4 Å². The number of hydrogen-bond donors (Lipinski definition) is 0. The van der Waals surface area contributed by atoms with E-state index in [1.807, 2.05) is 0 Å². The number of para-hydroxylation sites is 2. The number of hydrogen-bond acceptors (Lipinski definition) is 2. The molecule has 0 fully saturated rings. The van der Waals surface area contributed by atoms with E-state index in [4.69, 9.17) is 4.74 Å². The van der Waals surface area contributed by atoms with Crippen LogP contribution in [0.1, 0.15) is 34.3 Å². The second kappa shape index (κ2) is 13.3. The number of fused-ring (bicyclic) bond motifs is 7. The minimum atomic E-state index is -0.0418. The average Bonchev–Trinajstić information content (AvgIpc) is 3.65. The summed E-state index contributed by atoms with van der Waals surface area (Å²) in [5.41, 5.74) is 14.2. The Labute approximate surface area is 327 Å². The van der Waals surface area contributed by atoms with Crippen LogP contribution >= 0.6 is 0 Å². The monoisotopic (exact) mass is 715 g/mol. The van der Waals surface area contributed by atoms with Crippen molar-refractivity contribution in [1.82, 2.24) is 0 Å². The highest BCUT2D eigenvalue weighted by molar-refractivity contribution is 5.98. The van der Waals surface area contributed by atoms with E-state index in [1.54, 1.807) is 0 Å². The molecule has 2 heteroatoms. The SMILES string of the molecule is C1=C(c2ccccc2N(c2ccc(-c3ccc4ccccc4c3)cc2)c2ccc(-c3cccc4ccccc34)cc2)c2ccccc2C2Oc3ccccc3C12. The van der Waals surface area contributed by atoms with Gasteiger partial charge in [0, 0.05) is 34.0 Å². The van der Waals surface area contributed by atoms with E-state index in [1.165, 1.54) is 71.6 Å². The smallest absolute Gasteiger partial charge is 0.135 e. The van der Waals surface area contributed by atoms with Crippen molar-refractivity contribution in [1.29, 1.82) is 0 Å². The van der Waals surface area contributed by atoms with Crippen molar-refractivity contribution in [2.24, 2.45) is 0 Å². The average molecular weight is 716 g/mol. The standard InChI is InChI=1S/C54H37NO/c1-2-14-40-34-41(25-24-36(40)12-1)37-26-30-42(31-27-37)55(43-32-28-39(29-33-43)45-21-11-15-38-13-3-4-16-44(38)45)52-22-9-7-18-47(52)50-35-51-48-19-8-10-23-53(48)56-54(51)49-20-6-5-17-46(49)50/h1-35,51,54H. The molecule has 0 aromatic heterocycles. The van der Waals surface area contributed by atoms with Crippen molar-refractivity contribution in [3.63, 3.8) is 0 Å². The van der Waals surface area contributed by atoms with Gasteiger partial charge in [0.05, 0.1) is 5.69 Å². The predicted octanol–water partition coefficient (Wildman–Crippen LogP) is 14.5. The van der Waals surface area contributed by atoms with Crippen molar-refractivity contribution < 1.29 is 4.74 Å². The van der Waals surface area contributed by atoms with Gasteiger partial charge >= 0.3 is 0 Å². The molecule has 2 unspecified atom stereocenters. The van der Waals surface area contributed by atoms with Gasteiger partial charge in [0.1, 0.15) is 11.9 Å². The maximum Gasteiger partial charge on any atom is 0.135 e. The summed E-state index contributed by atoms with van der Waals surface area (Å²) in [4.78, 5) is 2.42. The second-order valence-electron chi connectivity index (χ2n) is 14.8. The Morgan fingerprint density at radius 1 is 0.393 bits per heavy atom. The summed E-state index contributed by atoms with van der Waals surface area (Å²) in [6.45, 7) is 0. The van der Waals surface area contributed by atoms with Gasteiger partial charge < -0.3 is 9.64 Å². The molecule has 264 valence electrons. The first-order chi connectivity index (χ1) is 27.8. The molecule has 9 aromatic carbocycles. The van der Waals surface area contributed by atoms with Crippen LogP contribution in [-0.4, -0.2) is 0 Å². The first-order valence-electron chi connectivity index (χ1n) is 19.4. The molecule has 1 heterocycles. The Hall–Kier alpha value is -7.16. The number of ether oxygens (including phenoxy) is 1. The molecule has 0 amide bonds. The maximum atomic E-state index is 6.63. The molecule has 2 aliphatic rings. The third-order valence-electron chi connectivity index (χ3n) is 11.6. The third kappa shape index (κ3) is 5.41. The first-order valence-corrected chi connectivity index (χ1v) is 19.4. The van der Waals surface area contributed by atoms with Crippen LogP contribution in [0.4, 0.5) is 17.1 Å². The molecule has 0 saturated heterocycles. The zero-order valence-corrected chi connectivity index (χ0v) is 30.7. The maximum absolute atomic E-state index is 6.63. The Balaban J connectivity index is 1.06. The molecule has 1 aliphatic heterocycles. The lowest BCUT2D eigenvalue weighted by molar-refractivity contribution is 0.223. The van der Waals surface area contributed by atoms with E-state index in [-0.39, 0.29) is 12.0 Å². The molecular weight excluding hydrogens is 679 g/mol. The number of nitrogens with zero attached hydrogens (tertiary/aromatic N) is 1. The Morgan fingerprint density at radius 2 is 0.982 bits per heavy atom. The zero-order valence-electron chi connectivity index (χ0n) is 30.7. The van der Waals surface area contributed by atoms with Crippen LogP contribution in [0, 0.1) is 0 Å². The lowest BCUT2D eigenvalue weighted by Gasteiger charge is -2.32. The van der Waals surface area contributed by atoms with Crippen LogP contribution in [0.15, 0.2) is 212 Å². The molecule has 1 aliphatic carbocycles. The van der Waals surface area contributed by atoms with Gasteiger partial charge in [-0.2, -0.15) is 0 Å². The number of rotatable bonds is 6. The quantitative estimate of drug-likeness (QED) is 0.170. The van der Waals surface area contributed by atoms with E-state index < -0.39 is 0 Å². The van der Waals surface area contributed by atoms with E-state index in [0.29, 0.717) is 0 Å². The molecule has 9 aromatic rings. The van der Waals surface area contributed by atoms with Gasteiger partial charge in [-0.15, -0.1) is 0 Å². The molecular formula is C54H37NO. The summed E-state index contributed by atoms with van der Waals surface area (Å²) in [5.74, 6) is 1.10. The van der Waals surface area contributed by atoms with E-state index >= 15 is 0 Å². The highest BCUT2D eigenvalue weighted by atomic mass is 16.5. The summed E-state index contributed by atoms with van der Waals surface area (Å²) in [5, 5.41) is 5.00. The highest BCUT2D eigenvalue weighted by Crippen LogP contribution is 2.54. The molecule has 56 heavy (non-hydrogen) atoms. The summed E-state index contributed by atoms with van der Waals surface area (Å²) in [6, 6.07) is 74.7. The molecule has 11 rings (SSSR count). The Kier molecular flexibility index (Phi) is 7.67. The van der Waals surface area contributed by atoms with E-state index in [9.17, 15) is 0 Å². The topological polar surface area (TPSA) is 12.5 Å². The van der Waals surface area contributed by atoms with Crippen LogP contribution in [0.3, 0.4) is 0 Å². The summed E-state index contributed by atoms with van der Waals surface area (Å²) in [7, 11) is 0. The van der Waals surface area contributed by atoms with Crippen LogP contribution in [0.2, 0.25) is 0 Å². The van der Waals surface area contributed by atoms with Gasteiger partial charge in [-0.05, 0) is 97.4 Å². The summed E-state index contributed by atoms with van der Waals surface area (Å²) >= 11 is 0. The lowest BCUT2D eigenvalue weighted by atomic mass is 9.78. The molecule has 0 spiro atoms. The van der Waals surface area contributed by atoms with Crippen molar-refractivity contribution in [3.8, 4) is 28.0 Å². The minimum absolute atomic E-state index is 0.0418. The fourth-order valence-corrected chi connectivity index (χ4v) is 8.93. The number of benzene rings is 9. The van der Waals surface area contributed by atoms with E-state index in [0.717, 1.165) is 22.8 Å². The minimum Gasteiger partial charge on any atom is -0.484 e. The fraction of sp³-hybridized carbons (Fsp3) is 0.0370. The Bertz CT molecular complexity index is 2950. The van der Waals surface area contributed by atoms with Crippen molar-refractivity contribution in [2.45, 2.75) is 12.0 Å². The zero-order chi connectivity index (χ0) is 37.0. The van der Waals surface area contributed by atoms with Gasteiger partial charge in [-0.25, -0.2) is 0 Å². The second-order valence-corrected chi connectivity index (χ2v) is 14.8. The lowest BCUT2D eigenvalue weighted by Crippen LogP contribution is -2.17. The molecule has 2 nitrogen and oxygen atoms in total. The molecule has 0 N–H and O–H groups in total. The van der Waals surface area contributed by atoms with Crippen molar-refractivity contribution in [3.05, 3.63) is 235 Å². The molecule has 0 bridgehead atoms. The van der Waals surface area contributed by atoms with Gasteiger partial charge in [0.15, 0.2) is 0 Å². The highest BCUT2D eigenvalue weighted by Gasteiger charge is 2.39. The van der Waals surface area contributed by atoms with Gasteiger partial charge in [-0.3, -0.25) is 0 Å². The van der Waals surface area contributed by atoms with Gasteiger partial charge in [0.25, 0.3) is 0 Å². The first kappa shape index (κ1) is 32.3. The Morgan fingerprint density at radius 3 is 1.80 bits per heavy atom. The largest absolute Gasteiger partial charge is 0.484 e. The van der Waals surface area contributed by atoms with E-state index in [2.05, 4.69) is 217 Å². The summed E-state index contributed by atoms with van der Waals surface area (Å²) in [6.07, 6.45) is 2.40. The van der Waals surface area contributed by atoms with Gasteiger partial charge in [0.2, 0.25) is 0 Å². The fourth-order valence-electron chi connectivity index (χ4n) is 8.93. The predicted molar refractivity (Wildman–Crippen MR) is 233 cm³/mol. The van der Waals surface area contributed by atoms with Crippen LogP contribution < -0.4 is 9.64 Å². The molecule has 0 saturated carbocycles. The van der Waals surface area contributed by atoms with Gasteiger partial charge in [-0.1, -0.05) is 170 Å². The number of anilines is 3.